The summed E-state index contributed by atoms with van der Waals surface area (Å²) >= 11 is 6.11. The Morgan fingerprint density at radius 2 is 2.00 bits per heavy atom. The molecule has 0 spiro atoms. The van der Waals surface area contributed by atoms with Crippen molar-refractivity contribution in [3.05, 3.63) is 58.2 Å². The molecule has 1 aromatic carbocycles. The molecule has 1 heterocycles. The number of halogens is 1. The molecule has 0 aliphatic rings. The van der Waals surface area contributed by atoms with Crippen molar-refractivity contribution in [2.75, 3.05) is 5.73 Å². The summed E-state index contributed by atoms with van der Waals surface area (Å²) in [6, 6.07) is 9.83. The predicted octanol–water partition coefficient (Wildman–Crippen LogP) is 3.22. The molecule has 0 aliphatic carbocycles. The first-order valence-electron chi connectivity index (χ1n) is 5.11. The van der Waals surface area contributed by atoms with Gasteiger partial charge in [-0.2, -0.15) is 0 Å². The summed E-state index contributed by atoms with van der Waals surface area (Å²) in [6.07, 6.45) is 2.49. The summed E-state index contributed by atoms with van der Waals surface area (Å²) in [5.41, 5.74) is 9.03. The van der Waals surface area contributed by atoms with E-state index < -0.39 is 0 Å². The lowest BCUT2D eigenvalue weighted by Crippen LogP contribution is -1.99. The highest BCUT2D eigenvalue weighted by Crippen LogP contribution is 2.21. The summed E-state index contributed by atoms with van der Waals surface area (Å²) in [7, 11) is 0. The number of benzene rings is 1. The van der Waals surface area contributed by atoms with Gasteiger partial charge in [0, 0.05) is 17.6 Å². The van der Waals surface area contributed by atoms with Gasteiger partial charge in [-0.3, -0.25) is 0 Å². The molecule has 0 radical (unpaired) electrons. The van der Waals surface area contributed by atoms with Crippen molar-refractivity contribution in [1.82, 2.24) is 4.98 Å². The van der Waals surface area contributed by atoms with E-state index in [0.717, 1.165) is 28.1 Å². The molecular weight excluding hydrogens is 220 g/mol. The largest absolute Gasteiger partial charge is 0.383 e. The first kappa shape index (κ1) is 11.0. The molecule has 82 valence electrons. The number of nitrogens with zero attached hydrogens (tertiary/aromatic N) is 1. The second kappa shape index (κ2) is 4.54. The number of nitrogen functional groups attached to an aromatic ring is 1. The third-order valence-electron chi connectivity index (χ3n) is 2.48. The summed E-state index contributed by atoms with van der Waals surface area (Å²) in [4.78, 5) is 4.14. The minimum Gasteiger partial charge on any atom is -0.383 e. The molecule has 2 rings (SSSR count). The fraction of sp³-hybridized carbons (Fsp3) is 0.154. The zero-order valence-electron chi connectivity index (χ0n) is 9.07. The van der Waals surface area contributed by atoms with E-state index in [1.165, 1.54) is 0 Å². The van der Waals surface area contributed by atoms with Crippen molar-refractivity contribution in [3.63, 3.8) is 0 Å². The molecule has 2 N–H and O–H groups in total. The molecule has 2 aromatic rings. The number of aryl methyl sites for hydroxylation is 1. The summed E-state index contributed by atoms with van der Waals surface area (Å²) < 4.78 is 0. The molecule has 1 aromatic heterocycles. The van der Waals surface area contributed by atoms with E-state index in [1.54, 1.807) is 6.20 Å². The van der Waals surface area contributed by atoms with Crippen molar-refractivity contribution in [2.45, 2.75) is 13.3 Å². The molecular formula is C13H13ClN2. The van der Waals surface area contributed by atoms with Gasteiger partial charge in [0.1, 0.15) is 5.82 Å². The molecule has 0 fully saturated rings. The fourth-order valence-corrected chi connectivity index (χ4v) is 1.83. The van der Waals surface area contributed by atoms with E-state index in [0.29, 0.717) is 5.82 Å². The lowest BCUT2D eigenvalue weighted by atomic mass is 10.0. The maximum absolute atomic E-state index is 6.11. The maximum Gasteiger partial charge on any atom is 0.126 e. The molecule has 0 saturated heterocycles. The Morgan fingerprint density at radius 1 is 1.25 bits per heavy atom. The number of hydrogen-bond donors (Lipinski definition) is 1. The maximum atomic E-state index is 6.11. The number of rotatable bonds is 2. The van der Waals surface area contributed by atoms with Gasteiger partial charge in [0.25, 0.3) is 0 Å². The number of hydrogen-bond acceptors (Lipinski definition) is 2. The highest BCUT2D eigenvalue weighted by Gasteiger charge is 2.05. The Hall–Kier alpha value is -1.54. The summed E-state index contributed by atoms with van der Waals surface area (Å²) in [5, 5.41) is 0.767. The monoisotopic (exact) mass is 232 g/mol. The third kappa shape index (κ3) is 2.34. The second-order valence-electron chi connectivity index (χ2n) is 3.83. The molecule has 0 amide bonds. The number of nitrogens with two attached hydrogens (primary N) is 1. The summed E-state index contributed by atoms with van der Waals surface area (Å²) in [6.45, 7) is 2.00. The normalized spacial score (nSPS) is 10.4. The predicted molar refractivity (Wildman–Crippen MR) is 67.6 cm³/mol. The molecule has 0 atom stereocenters. The Labute approximate surface area is 100 Å². The molecule has 0 bridgehead atoms. The quantitative estimate of drug-likeness (QED) is 0.864. The minimum atomic E-state index is 0.575. The van der Waals surface area contributed by atoms with Crippen LogP contribution in [0.15, 0.2) is 36.5 Å². The Balaban J connectivity index is 2.34. The smallest absolute Gasteiger partial charge is 0.126 e. The average molecular weight is 233 g/mol. The van der Waals surface area contributed by atoms with Crippen LogP contribution in [0.2, 0.25) is 5.02 Å². The van der Waals surface area contributed by atoms with Crippen LogP contribution in [0.1, 0.15) is 16.7 Å². The van der Waals surface area contributed by atoms with Gasteiger partial charge in [-0.05, 0) is 29.7 Å². The van der Waals surface area contributed by atoms with Gasteiger partial charge >= 0.3 is 0 Å². The number of aromatic nitrogens is 1. The van der Waals surface area contributed by atoms with Crippen LogP contribution in [-0.2, 0) is 6.42 Å². The van der Waals surface area contributed by atoms with Crippen molar-refractivity contribution < 1.29 is 0 Å². The van der Waals surface area contributed by atoms with Crippen molar-refractivity contribution in [3.8, 4) is 0 Å². The van der Waals surface area contributed by atoms with Crippen LogP contribution in [-0.4, -0.2) is 4.98 Å². The number of anilines is 1. The fourth-order valence-electron chi connectivity index (χ4n) is 1.63. The topological polar surface area (TPSA) is 38.9 Å². The standard InChI is InChI=1S/C13H13ClN2/c1-9-6-11(13(15)16-8-9)7-10-4-2-3-5-12(10)14/h2-6,8H,7H2,1H3,(H2,15,16). The van der Waals surface area contributed by atoms with E-state index in [-0.39, 0.29) is 0 Å². The Bertz CT molecular complexity index is 509. The number of pyridine rings is 1. The van der Waals surface area contributed by atoms with Crippen molar-refractivity contribution in [1.29, 1.82) is 0 Å². The van der Waals surface area contributed by atoms with Gasteiger partial charge in [0.05, 0.1) is 0 Å². The van der Waals surface area contributed by atoms with E-state index in [1.807, 2.05) is 37.3 Å². The highest BCUT2D eigenvalue weighted by molar-refractivity contribution is 6.31. The van der Waals surface area contributed by atoms with Crippen LogP contribution in [0, 0.1) is 6.92 Å². The highest BCUT2D eigenvalue weighted by atomic mass is 35.5. The zero-order chi connectivity index (χ0) is 11.5. The van der Waals surface area contributed by atoms with Crippen LogP contribution >= 0.6 is 11.6 Å². The van der Waals surface area contributed by atoms with Gasteiger partial charge in [-0.25, -0.2) is 4.98 Å². The van der Waals surface area contributed by atoms with E-state index in [4.69, 9.17) is 17.3 Å². The SMILES string of the molecule is Cc1cnc(N)c(Cc2ccccc2Cl)c1. The van der Waals surface area contributed by atoms with Crippen molar-refractivity contribution >= 4 is 17.4 Å². The van der Waals surface area contributed by atoms with Gasteiger partial charge < -0.3 is 5.73 Å². The zero-order valence-corrected chi connectivity index (χ0v) is 9.83. The van der Waals surface area contributed by atoms with E-state index in [9.17, 15) is 0 Å². The van der Waals surface area contributed by atoms with Crippen molar-refractivity contribution in [2.24, 2.45) is 0 Å². The second-order valence-corrected chi connectivity index (χ2v) is 4.23. The Morgan fingerprint density at radius 3 is 2.75 bits per heavy atom. The molecule has 0 unspecified atom stereocenters. The van der Waals surface area contributed by atoms with Crippen LogP contribution in [0.4, 0.5) is 5.82 Å². The molecule has 2 nitrogen and oxygen atoms in total. The first-order valence-corrected chi connectivity index (χ1v) is 5.49. The molecule has 0 aliphatic heterocycles. The van der Waals surface area contributed by atoms with Gasteiger partial charge in [0.15, 0.2) is 0 Å². The molecule has 16 heavy (non-hydrogen) atoms. The lowest BCUT2D eigenvalue weighted by molar-refractivity contribution is 1.14. The Kier molecular flexibility index (Phi) is 3.11. The van der Waals surface area contributed by atoms with Crippen LogP contribution in [0.5, 0.6) is 0 Å². The van der Waals surface area contributed by atoms with Gasteiger partial charge in [0.2, 0.25) is 0 Å². The molecule has 0 saturated carbocycles. The van der Waals surface area contributed by atoms with Gasteiger partial charge in [-0.15, -0.1) is 0 Å². The van der Waals surface area contributed by atoms with Crippen LogP contribution in [0.25, 0.3) is 0 Å². The summed E-state index contributed by atoms with van der Waals surface area (Å²) in [5.74, 6) is 0.575. The third-order valence-corrected chi connectivity index (χ3v) is 2.85. The molecule has 3 heteroatoms. The average Bonchev–Trinajstić information content (AvgIpc) is 2.27. The van der Waals surface area contributed by atoms with Crippen LogP contribution in [0.3, 0.4) is 0 Å². The van der Waals surface area contributed by atoms with E-state index in [2.05, 4.69) is 4.98 Å². The van der Waals surface area contributed by atoms with E-state index >= 15 is 0 Å². The van der Waals surface area contributed by atoms with Crippen LogP contribution < -0.4 is 5.73 Å². The lowest BCUT2D eigenvalue weighted by Gasteiger charge is -2.07. The van der Waals surface area contributed by atoms with Gasteiger partial charge in [-0.1, -0.05) is 35.9 Å². The minimum absolute atomic E-state index is 0.575. The first-order chi connectivity index (χ1) is 7.66.